The van der Waals surface area contributed by atoms with Crippen LogP contribution in [-0.2, 0) is 7.05 Å². The summed E-state index contributed by atoms with van der Waals surface area (Å²) >= 11 is 1.72. The Labute approximate surface area is 128 Å². The third kappa shape index (κ3) is 4.82. The van der Waals surface area contributed by atoms with E-state index in [-0.39, 0.29) is 5.56 Å². The smallest absolute Gasteiger partial charge is 0.335 e. The topological polar surface area (TPSA) is 64.4 Å². The lowest BCUT2D eigenvalue weighted by Crippen LogP contribution is -2.01. The van der Waals surface area contributed by atoms with E-state index in [0.29, 0.717) is 12.4 Å². The normalized spacial score (nSPS) is 10.5. The van der Waals surface area contributed by atoms with E-state index >= 15 is 0 Å². The van der Waals surface area contributed by atoms with Crippen molar-refractivity contribution >= 4 is 17.7 Å². The number of thioether (sulfide) groups is 1. The Morgan fingerprint density at radius 1 is 1.43 bits per heavy atom. The molecule has 0 bridgehead atoms. The van der Waals surface area contributed by atoms with E-state index in [4.69, 9.17) is 9.84 Å². The Morgan fingerprint density at radius 3 is 3.00 bits per heavy atom. The molecule has 5 nitrogen and oxygen atoms in total. The number of hydrogen-bond acceptors (Lipinski definition) is 4. The molecule has 0 spiro atoms. The quantitative estimate of drug-likeness (QED) is 0.600. The minimum Gasteiger partial charge on any atom is -0.494 e. The average Bonchev–Trinajstić information content (AvgIpc) is 2.88. The number of benzene rings is 1. The van der Waals surface area contributed by atoms with Gasteiger partial charge in [0.05, 0.1) is 12.2 Å². The molecule has 112 valence electrons. The molecule has 0 saturated heterocycles. The molecule has 0 aliphatic rings. The molecule has 2 rings (SSSR count). The molecular formula is C15H18N2O3S. The molecule has 0 atom stereocenters. The standard InChI is InChI=1S/C15H18N2O3S/c1-17-8-7-16-15(17)21-10-3-2-9-20-13-6-4-5-12(11-13)14(18)19/h4-8,11H,2-3,9-10H2,1H3,(H,18,19). The van der Waals surface area contributed by atoms with Crippen LogP contribution in [0, 0.1) is 0 Å². The van der Waals surface area contributed by atoms with Gasteiger partial charge in [0.2, 0.25) is 0 Å². The molecule has 6 heteroatoms. The van der Waals surface area contributed by atoms with Gasteiger partial charge in [0.25, 0.3) is 0 Å². The van der Waals surface area contributed by atoms with Gasteiger partial charge in [-0.3, -0.25) is 0 Å². The number of carbonyl (C=O) groups is 1. The minimum absolute atomic E-state index is 0.248. The molecule has 21 heavy (non-hydrogen) atoms. The number of nitrogens with zero attached hydrogens (tertiary/aromatic N) is 2. The van der Waals surface area contributed by atoms with Crippen LogP contribution in [0.4, 0.5) is 0 Å². The molecule has 0 aliphatic heterocycles. The number of unbranched alkanes of at least 4 members (excludes halogenated alkanes) is 1. The molecular weight excluding hydrogens is 288 g/mol. The Hall–Kier alpha value is -1.95. The third-order valence-electron chi connectivity index (χ3n) is 2.90. The van der Waals surface area contributed by atoms with Gasteiger partial charge in [-0.1, -0.05) is 17.8 Å². The fourth-order valence-electron chi connectivity index (χ4n) is 1.77. The maximum absolute atomic E-state index is 10.8. The van der Waals surface area contributed by atoms with Gasteiger partial charge >= 0.3 is 5.97 Å². The third-order valence-corrected chi connectivity index (χ3v) is 4.04. The van der Waals surface area contributed by atoms with Gasteiger partial charge in [0, 0.05) is 25.2 Å². The van der Waals surface area contributed by atoms with Gasteiger partial charge in [0.15, 0.2) is 5.16 Å². The number of aromatic nitrogens is 2. The van der Waals surface area contributed by atoms with E-state index < -0.39 is 5.97 Å². The van der Waals surface area contributed by atoms with Crippen LogP contribution in [0.3, 0.4) is 0 Å². The fourth-order valence-corrected chi connectivity index (χ4v) is 2.70. The zero-order valence-electron chi connectivity index (χ0n) is 11.9. The first-order valence-corrected chi connectivity index (χ1v) is 7.71. The molecule has 1 aromatic heterocycles. The summed E-state index contributed by atoms with van der Waals surface area (Å²) < 4.78 is 7.56. The average molecular weight is 306 g/mol. The molecule has 0 unspecified atom stereocenters. The summed E-state index contributed by atoms with van der Waals surface area (Å²) in [5, 5.41) is 9.92. The molecule has 1 aromatic carbocycles. The lowest BCUT2D eigenvalue weighted by Gasteiger charge is -2.06. The number of aryl methyl sites for hydroxylation is 1. The van der Waals surface area contributed by atoms with E-state index in [2.05, 4.69) is 4.98 Å². The van der Waals surface area contributed by atoms with Crippen molar-refractivity contribution in [2.24, 2.45) is 7.05 Å². The highest BCUT2D eigenvalue weighted by atomic mass is 32.2. The van der Waals surface area contributed by atoms with Crippen LogP contribution >= 0.6 is 11.8 Å². The highest BCUT2D eigenvalue weighted by Gasteiger charge is 2.04. The van der Waals surface area contributed by atoms with Gasteiger partial charge in [-0.2, -0.15) is 0 Å². The van der Waals surface area contributed by atoms with Crippen LogP contribution in [0.25, 0.3) is 0 Å². The molecule has 0 aliphatic carbocycles. The maximum Gasteiger partial charge on any atom is 0.335 e. The number of imidazole rings is 1. The lowest BCUT2D eigenvalue weighted by molar-refractivity contribution is 0.0696. The summed E-state index contributed by atoms with van der Waals surface area (Å²) in [6.45, 7) is 0.587. The van der Waals surface area contributed by atoms with E-state index in [1.807, 2.05) is 17.8 Å². The van der Waals surface area contributed by atoms with Gasteiger partial charge in [0.1, 0.15) is 5.75 Å². The Balaban J connectivity index is 1.65. The van der Waals surface area contributed by atoms with Crippen molar-refractivity contribution in [2.45, 2.75) is 18.0 Å². The Morgan fingerprint density at radius 2 is 2.29 bits per heavy atom. The predicted octanol–water partition coefficient (Wildman–Crippen LogP) is 3.07. The summed E-state index contributed by atoms with van der Waals surface area (Å²) in [7, 11) is 1.98. The first kappa shape index (κ1) is 15.4. The summed E-state index contributed by atoms with van der Waals surface area (Å²) in [6.07, 6.45) is 5.67. The van der Waals surface area contributed by atoms with Crippen molar-refractivity contribution in [3.8, 4) is 5.75 Å². The van der Waals surface area contributed by atoms with Crippen molar-refractivity contribution in [3.63, 3.8) is 0 Å². The second-order valence-electron chi connectivity index (χ2n) is 4.56. The lowest BCUT2D eigenvalue weighted by atomic mass is 10.2. The second-order valence-corrected chi connectivity index (χ2v) is 5.62. The largest absolute Gasteiger partial charge is 0.494 e. The van der Waals surface area contributed by atoms with Crippen molar-refractivity contribution in [1.29, 1.82) is 0 Å². The van der Waals surface area contributed by atoms with Gasteiger partial charge in [-0.25, -0.2) is 9.78 Å². The van der Waals surface area contributed by atoms with Crippen molar-refractivity contribution < 1.29 is 14.6 Å². The van der Waals surface area contributed by atoms with Crippen LogP contribution < -0.4 is 4.74 Å². The summed E-state index contributed by atoms with van der Waals surface area (Å²) in [5.41, 5.74) is 0.248. The van der Waals surface area contributed by atoms with Gasteiger partial charge < -0.3 is 14.4 Å². The maximum atomic E-state index is 10.8. The summed E-state index contributed by atoms with van der Waals surface area (Å²) in [4.78, 5) is 15.1. The van der Waals surface area contributed by atoms with Crippen molar-refractivity contribution in [1.82, 2.24) is 9.55 Å². The molecule has 0 amide bonds. The van der Waals surface area contributed by atoms with Crippen molar-refractivity contribution in [3.05, 3.63) is 42.2 Å². The zero-order chi connectivity index (χ0) is 15.1. The molecule has 1 N–H and O–H groups in total. The van der Waals surface area contributed by atoms with Crippen LogP contribution in [0.2, 0.25) is 0 Å². The summed E-state index contributed by atoms with van der Waals surface area (Å²) in [6, 6.07) is 6.56. The number of hydrogen-bond donors (Lipinski definition) is 1. The van der Waals surface area contributed by atoms with Gasteiger partial charge in [-0.05, 0) is 31.0 Å². The second kappa shape index (κ2) is 7.73. The molecule has 0 saturated carbocycles. The summed E-state index contributed by atoms with van der Waals surface area (Å²) in [5.74, 6) is 0.655. The molecule has 0 radical (unpaired) electrons. The van der Waals surface area contributed by atoms with Gasteiger partial charge in [-0.15, -0.1) is 0 Å². The first-order valence-electron chi connectivity index (χ1n) is 6.73. The fraction of sp³-hybridized carbons (Fsp3) is 0.333. The molecule has 2 aromatic rings. The number of aromatic carboxylic acids is 1. The number of rotatable bonds is 8. The number of ether oxygens (including phenoxy) is 1. The molecule has 1 heterocycles. The van der Waals surface area contributed by atoms with E-state index in [1.54, 1.807) is 42.2 Å². The van der Waals surface area contributed by atoms with Crippen LogP contribution in [-0.4, -0.2) is 33.0 Å². The van der Waals surface area contributed by atoms with Crippen molar-refractivity contribution in [2.75, 3.05) is 12.4 Å². The predicted molar refractivity (Wildman–Crippen MR) is 82.1 cm³/mol. The van der Waals surface area contributed by atoms with Crippen LogP contribution in [0.5, 0.6) is 5.75 Å². The SMILES string of the molecule is Cn1ccnc1SCCCCOc1cccc(C(=O)O)c1. The first-order chi connectivity index (χ1) is 10.2. The molecule has 0 fully saturated rings. The number of carboxylic acid groups (broad SMARTS) is 1. The highest BCUT2D eigenvalue weighted by Crippen LogP contribution is 2.17. The highest BCUT2D eigenvalue weighted by molar-refractivity contribution is 7.99. The Bertz CT molecular complexity index is 598. The van der Waals surface area contributed by atoms with E-state index in [9.17, 15) is 4.79 Å². The van der Waals surface area contributed by atoms with Crippen LogP contribution in [0.1, 0.15) is 23.2 Å². The monoisotopic (exact) mass is 306 g/mol. The minimum atomic E-state index is -0.938. The zero-order valence-corrected chi connectivity index (χ0v) is 12.7. The number of carboxylic acids is 1. The van der Waals surface area contributed by atoms with Crippen LogP contribution in [0.15, 0.2) is 41.8 Å². The van der Waals surface area contributed by atoms with E-state index in [0.717, 1.165) is 23.8 Å². The Kier molecular flexibility index (Phi) is 5.68. The van der Waals surface area contributed by atoms with E-state index in [1.165, 1.54) is 0 Å².